The van der Waals surface area contributed by atoms with Crippen molar-refractivity contribution >= 4 is 21.8 Å². The van der Waals surface area contributed by atoms with Gasteiger partial charge in [0.15, 0.2) is 5.90 Å². The fourth-order valence-corrected chi connectivity index (χ4v) is 1.77. The predicted octanol–water partition coefficient (Wildman–Crippen LogP) is 3.09. The van der Waals surface area contributed by atoms with Crippen LogP contribution in [0.3, 0.4) is 0 Å². The van der Waals surface area contributed by atoms with Gasteiger partial charge in [-0.25, -0.2) is 4.99 Å². The Bertz CT molecular complexity index is 245. The van der Waals surface area contributed by atoms with Crippen LogP contribution in [0.2, 0.25) is 0 Å². The third kappa shape index (κ3) is 1.42. The van der Waals surface area contributed by atoms with Crippen LogP contribution in [-0.2, 0) is 4.74 Å². The number of aliphatic imine (C=N–C) groups is 1. The van der Waals surface area contributed by atoms with Crippen molar-refractivity contribution in [2.24, 2.45) is 10.9 Å². The van der Waals surface area contributed by atoms with Crippen molar-refractivity contribution in [3.63, 3.8) is 0 Å². The Labute approximate surface area is 81.8 Å². The molecule has 0 bridgehead atoms. The molecule has 0 fully saturated rings. The summed E-state index contributed by atoms with van der Waals surface area (Å²) < 4.78 is 5.45. The Balaban J connectivity index is 3.02. The molecule has 0 N–H and O–H groups in total. The van der Waals surface area contributed by atoms with E-state index in [1.54, 1.807) is 0 Å². The molecule has 0 aromatic carbocycles. The molecule has 0 saturated carbocycles. The highest BCUT2D eigenvalue weighted by Gasteiger charge is 2.38. The SMILES string of the molecule is CC1=NC(C)(C(C)C)/C(=C/Br)O1. The molecule has 0 aromatic rings. The first kappa shape index (κ1) is 9.78. The molecule has 12 heavy (non-hydrogen) atoms. The zero-order chi connectivity index (χ0) is 9.35. The van der Waals surface area contributed by atoms with Crippen LogP contribution in [0.15, 0.2) is 15.7 Å². The normalized spacial score (nSPS) is 32.5. The summed E-state index contributed by atoms with van der Waals surface area (Å²) in [5, 5.41) is 0. The molecule has 1 aliphatic rings. The maximum absolute atomic E-state index is 5.45. The molecular formula is C9H14BrNO. The number of nitrogens with zero attached hydrogens (tertiary/aromatic N) is 1. The van der Waals surface area contributed by atoms with Gasteiger partial charge in [-0.3, -0.25) is 0 Å². The van der Waals surface area contributed by atoms with Crippen LogP contribution < -0.4 is 0 Å². The van der Waals surface area contributed by atoms with Crippen molar-refractivity contribution in [1.29, 1.82) is 0 Å². The zero-order valence-corrected chi connectivity index (χ0v) is 9.47. The van der Waals surface area contributed by atoms with E-state index in [1.165, 1.54) is 0 Å². The Kier molecular flexibility index (Phi) is 2.61. The molecule has 68 valence electrons. The molecule has 0 aliphatic carbocycles. The van der Waals surface area contributed by atoms with E-state index in [1.807, 2.05) is 11.9 Å². The molecule has 1 aliphatic heterocycles. The molecule has 3 heteroatoms. The van der Waals surface area contributed by atoms with Gasteiger partial charge in [-0.2, -0.15) is 0 Å². The monoisotopic (exact) mass is 231 g/mol. The van der Waals surface area contributed by atoms with Crippen LogP contribution in [0.25, 0.3) is 0 Å². The van der Waals surface area contributed by atoms with Crippen LogP contribution in [0.1, 0.15) is 27.7 Å². The average Bonchev–Trinajstić information content (AvgIpc) is 2.27. The maximum atomic E-state index is 5.45. The van der Waals surface area contributed by atoms with Crippen LogP contribution in [-0.4, -0.2) is 11.4 Å². The van der Waals surface area contributed by atoms with Gasteiger partial charge in [-0.1, -0.05) is 29.8 Å². The van der Waals surface area contributed by atoms with E-state index in [9.17, 15) is 0 Å². The molecule has 2 nitrogen and oxygen atoms in total. The Morgan fingerprint density at radius 3 is 2.50 bits per heavy atom. The van der Waals surface area contributed by atoms with Gasteiger partial charge >= 0.3 is 0 Å². The second kappa shape index (κ2) is 3.21. The molecule has 1 rings (SSSR count). The summed E-state index contributed by atoms with van der Waals surface area (Å²) in [6, 6.07) is 0. The number of halogens is 1. The fraction of sp³-hybridized carbons (Fsp3) is 0.667. The second-order valence-electron chi connectivity index (χ2n) is 3.51. The summed E-state index contributed by atoms with van der Waals surface area (Å²) in [4.78, 5) is 6.28. The van der Waals surface area contributed by atoms with Crippen LogP contribution in [0.4, 0.5) is 0 Å². The maximum Gasteiger partial charge on any atom is 0.187 e. The minimum Gasteiger partial charge on any atom is -0.445 e. The summed E-state index contributed by atoms with van der Waals surface area (Å²) in [6.45, 7) is 8.25. The first-order valence-corrected chi connectivity index (χ1v) is 4.97. The lowest BCUT2D eigenvalue weighted by atomic mass is 9.88. The lowest BCUT2D eigenvalue weighted by molar-refractivity contribution is 0.312. The number of ether oxygens (including phenoxy) is 1. The molecule has 0 saturated heterocycles. The van der Waals surface area contributed by atoms with Gasteiger partial charge in [0.1, 0.15) is 11.3 Å². The molecule has 1 unspecified atom stereocenters. The van der Waals surface area contributed by atoms with Gasteiger partial charge in [0.05, 0.1) is 0 Å². The standard InChI is InChI=1S/C9H14BrNO/c1-6(2)9(4)8(5-10)12-7(3)11-9/h5-6H,1-4H3/b8-5-. The minimum absolute atomic E-state index is 0.187. The van der Waals surface area contributed by atoms with E-state index in [4.69, 9.17) is 4.74 Å². The summed E-state index contributed by atoms with van der Waals surface area (Å²) in [5.41, 5.74) is -0.187. The molecule has 0 spiro atoms. The van der Waals surface area contributed by atoms with E-state index in [-0.39, 0.29) is 5.54 Å². The molecule has 1 atom stereocenters. The van der Waals surface area contributed by atoms with Gasteiger partial charge in [-0.05, 0) is 12.8 Å². The number of rotatable bonds is 1. The van der Waals surface area contributed by atoms with Crippen molar-refractivity contribution in [1.82, 2.24) is 0 Å². The molecule has 0 aromatic heterocycles. The van der Waals surface area contributed by atoms with Crippen LogP contribution >= 0.6 is 15.9 Å². The molecule has 0 amide bonds. The summed E-state index contributed by atoms with van der Waals surface area (Å²) in [7, 11) is 0. The summed E-state index contributed by atoms with van der Waals surface area (Å²) in [6.07, 6.45) is 0. The average molecular weight is 232 g/mol. The zero-order valence-electron chi connectivity index (χ0n) is 7.89. The lowest BCUT2D eigenvalue weighted by Crippen LogP contribution is -2.28. The minimum atomic E-state index is -0.187. The van der Waals surface area contributed by atoms with Gasteiger partial charge in [0.25, 0.3) is 0 Å². The van der Waals surface area contributed by atoms with Gasteiger partial charge < -0.3 is 4.74 Å². The lowest BCUT2D eigenvalue weighted by Gasteiger charge is -2.24. The van der Waals surface area contributed by atoms with Crippen molar-refractivity contribution in [3.8, 4) is 0 Å². The number of hydrogen-bond acceptors (Lipinski definition) is 2. The Morgan fingerprint density at radius 1 is 1.58 bits per heavy atom. The molecular weight excluding hydrogens is 218 g/mol. The third-order valence-corrected chi connectivity index (χ3v) is 2.79. The van der Waals surface area contributed by atoms with Crippen molar-refractivity contribution < 1.29 is 4.74 Å². The first-order chi connectivity index (χ1) is 5.50. The van der Waals surface area contributed by atoms with E-state index in [0.29, 0.717) is 5.92 Å². The summed E-state index contributed by atoms with van der Waals surface area (Å²) >= 11 is 3.29. The van der Waals surface area contributed by atoms with E-state index in [0.717, 1.165) is 11.7 Å². The topological polar surface area (TPSA) is 21.6 Å². The van der Waals surface area contributed by atoms with E-state index < -0.39 is 0 Å². The quantitative estimate of drug-likeness (QED) is 0.680. The van der Waals surface area contributed by atoms with Gasteiger partial charge in [0, 0.05) is 11.9 Å². The highest BCUT2D eigenvalue weighted by atomic mass is 79.9. The third-order valence-electron chi connectivity index (χ3n) is 2.37. The second-order valence-corrected chi connectivity index (χ2v) is 3.97. The van der Waals surface area contributed by atoms with Crippen molar-refractivity contribution in [2.45, 2.75) is 33.2 Å². The van der Waals surface area contributed by atoms with E-state index in [2.05, 4.69) is 41.7 Å². The predicted molar refractivity (Wildman–Crippen MR) is 54.4 cm³/mol. The van der Waals surface area contributed by atoms with Crippen LogP contribution in [0, 0.1) is 5.92 Å². The molecule has 1 heterocycles. The summed E-state index contributed by atoms with van der Waals surface area (Å²) in [5.74, 6) is 2.09. The van der Waals surface area contributed by atoms with Crippen LogP contribution in [0.5, 0.6) is 0 Å². The van der Waals surface area contributed by atoms with E-state index >= 15 is 0 Å². The first-order valence-electron chi connectivity index (χ1n) is 4.06. The van der Waals surface area contributed by atoms with Crippen molar-refractivity contribution in [3.05, 3.63) is 10.7 Å². The van der Waals surface area contributed by atoms with Gasteiger partial charge in [-0.15, -0.1) is 0 Å². The highest BCUT2D eigenvalue weighted by molar-refractivity contribution is 9.11. The smallest absolute Gasteiger partial charge is 0.187 e. The largest absolute Gasteiger partial charge is 0.445 e. The fourth-order valence-electron chi connectivity index (χ4n) is 1.21. The Hall–Kier alpha value is -0.310. The Morgan fingerprint density at radius 2 is 2.17 bits per heavy atom. The highest BCUT2D eigenvalue weighted by Crippen LogP contribution is 2.36. The van der Waals surface area contributed by atoms with Crippen molar-refractivity contribution in [2.75, 3.05) is 0 Å². The molecule has 0 radical (unpaired) electrons. The number of hydrogen-bond donors (Lipinski definition) is 0. The van der Waals surface area contributed by atoms with Gasteiger partial charge in [0.2, 0.25) is 0 Å².